The molecule has 5 heteroatoms. The summed E-state index contributed by atoms with van der Waals surface area (Å²) in [4.78, 5) is 23.3. The molecule has 0 radical (unpaired) electrons. The van der Waals surface area contributed by atoms with E-state index >= 15 is 0 Å². The summed E-state index contributed by atoms with van der Waals surface area (Å²) in [5.74, 6) is -1.13. The number of hydrogen-bond donors (Lipinski definition) is 1. The van der Waals surface area contributed by atoms with Gasteiger partial charge in [-0.1, -0.05) is 42.5 Å². The molecule has 0 fully saturated rings. The molecule has 0 heterocycles. The summed E-state index contributed by atoms with van der Waals surface area (Å²) >= 11 is 0. The van der Waals surface area contributed by atoms with Crippen LogP contribution in [-0.4, -0.2) is 31.3 Å². The predicted molar refractivity (Wildman–Crippen MR) is 86.5 cm³/mol. The molecule has 1 N–H and O–H groups in total. The summed E-state index contributed by atoms with van der Waals surface area (Å²) in [5.41, 5.74) is 1.28. The lowest BCUT2D eigenvalue weighted by Crippen LogP contribution is -2.12. The third-order valence-electron chi connectivity index (χ3n) is 3.41. The fraction of sp³-hybridized carbons (Fsp3) is 0.333. The predicted octanol–water partition coefficient (Wildman–Crippen LogP) is 2.72. The molecule has 0 aliphatic carbocycles. The zero-order chi connectivity index (χ0) is 17.2. The smallest absolute Gasteiger partial charge is 0.334 e. The minimum absolute atomic E-state index is 0.215. The van der Waals surface area contributed by atoms with E-state index < -0.39 is 18.0 Å². The van der Waals surface area contributed by atoms with Gasteiger partial charge in [0.15, 0.2) is 0 Å². The Morgan fingerprint density at radius 3 is 2.26 bits per heavy atom. The number of rotatable bonds is 7. The highest BCUT2D eigenvalue weighted by Gasteiger charge is 2.17. The van der Waals surface area contributed by atoms with Gasteiger partial charge in [0.05, 0.1) is 25.9 Å². The number of hydrogen-bond acceptors (Lipinski definition) is 5. The van der Waals surface area contributed by atoms with Crippen molar-refractivity contribution in [3.05, 3.63) is 59.2 Å². The van der Waals surface area contributed by atoms with Gasteiger partial charge < -0.3 is 14.6 Å². The normalized spacial score (nSPS) is 13.4. The number of benzene rings is 1. The summed E-state index contributed by atoms with van der Waals surface area (Å²) in [7, 11) is 2.52. The molecule has 0 bridgehead atoms. The van der Waals surface area contributed by atoms with Crippen molar-refractivity contribution in [1.82, 2.24) is 0 Å². The van der Waals surface area contributed by atoms with E-state index in [2.05, 4.69) is 9.47 Å². The Kier molecular flexibility index (Phi) is 7.77. The molecule has 0 aromatic heterocycles. The summed E-state index contributed by atoms with van der Waals surface area (Å²) in [6.45, 7) is 1.52. The molecule has 1 atom stereocenters. The quantitative estimate of drug-likeness (QED) is 0.475. The molecule has 0 amide bonds. The van der Waals surface area contributed by atoms with Gasteiger partial charge in [-0.3, -0.25) is 0 Å². The fourth-order valence-electron chi connectivity index (χ4n) is 2.03. The Balaban J connectivity index is 2.72. The number of carbonyl (C=O) groups excluding carboxylic acids is 2. The van der Waals surface area contributed by atoms with Gasteiger partial charge in [-0.15, -0.1) is 0 Å². The van der Waals surface area contributed by atoms with Crippen LogP contribution in [0.5, 0.6) is 0 Å². The number of aliphatic hydroxyl groups is 1. The molecule has 1 aromatic carbocycles. The lowest BCUT2D eigenvalue weighted by Gasteiger charge is -2.08. The van der Waals surface area contributed by atoms with Gasteiger partial charge in [-0.25, -0.2) is 9.59 Å². The summed E-state index contributed by atoms with van der Waals surface area (Å²) in [6.07, 6.45) is 3.53. The maximum Gasteiger partial charge on any atom is 0.334 e. The Hall–Kier alpha value is -2.40. The summed E-state index contributed by atoms with van der Waals surface area (Å²) in [6, 6.07) is 9.30. The highest BCUT2D eigenvalue weighted by atomic mass is 16.5. The maximum atomic E-state index is 11.8. The SMILES string of the molecule is COC(=O)/C(C)=C(/C/C=C/CC(O)c1ccccc1)C(=O)OC. The van der Waals surface area contributed by atoms with Gasteiger partial charge in [0.1, 0.15) is 0 Å². The molecule has 0 aliphatic rings. The van der Waals surface area contributed by atoms with Crippen molar-refractivity contribution < 1.29 is 24.2 Å². The van der Waals surface area contributed by atoms with E-state index in [1.807, 2.05) is 30.3 Å². The molecular weight excluding hydrogens is 296 g/mol. The van der Waals surface area contributed by atoms with E-state index in [0.29, 0.717) is 6.42 Å². The van der Waals surface area contributed by atoms with E-state index in [1.165, 1.54) is 21.1 Å². The lowest BCUT2D eigenvalue weighted by molar-refractivity contribution is -0.139. The molecule has 0 spiro atoms. The number of methoxy groups -OCH3 is 2. The third kappa shape index (κ3) is 5.71. The highest BCUT2D eigenvalue weighted by Crippen LogP contribution is 2.18. The average Bonchev–Trinajstić information content (AvgIpc) is 2.60. The van der Waals surface area contributed by atoms with Gasteiger partial charge in [-0.05, 0) is 25.3 Å². The van der Waals surface area contributed by atoms with Crippen LogP contribution in [-0.2, 0) is 19.1 Å². The first-order chi connectivity index (χ1) is 11.0. The van der Waals surface area contributed by atoms with Crippen LogP contribution in [0.25, 0.3) is 0 Å². The number of carbonyl (C=O) groups is 2. The van der Waals surface area contributed by atoms with E-state index in [-0.39, 0.29) is 17.6 Å². The first kappa shape index (κ1) is 18.6. The number of aliphatic hydroxyl groups excluding tert-OH is 1. The molecular formula is C18H22O5. The van der Waals surface area contributed by atoms with Crippen molar-refractivity contribution in [3.63, 3.8) is 0 Å². The molecule has 5 nitrogen and oxygen atoms in total. The van der Waals surface area contributed by atoms with Crippen molar-refractivity contribution >= 4 is 11.9 Å². The van der Waals surface area contributed by atoms with E-state index in [1.54, 1.807) is 12.2 Å². The van der Waals surface area contributed by atoms with Crippen molar-refractivity contribution in [3.8, 4) is 0 Å². The lowest BCUT2D eigenvalue weighted by atomic mass is 10.0. The van der Waals surface area contributed by atoms with Crippen LogP contribution in [0.1, 0.15) is 31.4 Å². The summed E-state index contributed by atoms with van der Waals surface area (Å²) in [5, 5.41) is 10.0. The first-order valence-electron chi connectivity index (χ1n) is 7.25. The fourth-order valence-corrected chi connectivity index (χ4v) is 2.03. The van der Waals surface area contributed by atoms with Crippen LogP contribution in [0, 0.1) is 0 Å². The second-order valence-corrected chi connectivity index (χ2v) is 4.92. The van der Waals surface area contributed by atoms with Crippen molar-refractivity contribution in [2.24, 2.45) is 0 Å². The van der Waals surface area contributed by atoms with Crippen molar-refractivity contribution in [2.45, 2.75) is 25.9 Å². The molecule has 23 heavy (non-hydrogen) atoms. The molecule has 0 saturated heterocycles. The zero-order valence-corrected chi connectivity index (χ0v) is 13.6. The van der Waals surface area contributed by atoms with Gasteiger partial charge in [0.2, 0.25) is 0 Å². The maximum absolute atomic E-state index is 11.8. The first-order valence-corrected chi connectivity index (χ1v) is 7.25. The molecule has 124 valence electrons. The van der Waals surface area contributed by atoms with Crippen LogP contribution in [0.2, 0.25) is 0 Å². The van der Waals surface area contributed by atoms with Gasteiger partial charge in [0, 0.05) is 5.57 Å². The number of allylic oxidation sites excluding steroid dienone is 1. The number of esters is 2. The Labute approximate surface area is 136 Å². The average molecular weight is 318 g/mol. The van der Waals surface area contributed by atoms with Crippen molar-refractivity contribution in [2.75, 3.05) is 14.2 Å². The Morgan fingerprint density at radius 2 is 1.70 bits per heavy atom. The van der Waals surface area contributed by atoms with Crippen LogP contribution in [0.15, 0.2) is 53.6 Å². The molecule has 0 saturated carbocycles. The van der Waals surface area contributed by atoms with Crippen molar-refractivity contribution in [1.29, 1.82) is 0 Å². The standard InChI is InChI=1S/C18H22O5/c1-13(17(20)22-2)15(18(21)23-3)11-7-8-12-16(19)14-9-5-4-6-10-14/h4-10,16,19H,11-12H2,1-3H3/b8-7+,15-13-. The molecule has 1 rings (SSSR count). The minimum atomic E-state index is -0.611. The summed E-state index contributed by atoms with van der Waals surface area (Å²) < 4.78 is 9.31. The topological polar surface area (TPSA) is 72.8 Å². The molecule has 1 aromatic rings. The Morgan fingerprint density at radius 1 is 1.09 bits per heavy atom. The van der Waals surface area contributed by atoms with Crippen LogP contribution < -0.4 is 0 Å². The van der Waals surface area contributed by atoms with Crippen LogP contribution in [0.4, 0.5) is 0 Å². The highest BCUT2D eigenvalue weighted by molar-refractivity contribution is 6.00. The molecule has 1 unspecified atom stereocenters. The van der Waals surface area contributed by atoms with Crippen LogP contribution >= 0.6 is 0 Å². The van der Waals surface area contributed by atoms with Crippen LogP contribution in [0.3, 0.4) is 0 Å². The second kappa shape index (κ2) is 9.58. The van der Waals surface area contributed by atoms with Gasteiger partial charge in [-0.2, -0.15) is 0 Å². The van der Waals surface area contributed by atoms with E-state index in [4.69, 9.17) is 0 Å². The minimum Gasteiger partial charge on any atom is -0.466 e. The number of ether oxygens (including phenoxy) is 2. The zero-order valence-electron chi connectivity index (χ0n) is 13.6. The Bertz CT molecular complexity index is 587. The second-order valence-electron chi connectivity index (χ2n) is 4.92. The third-order valence-corrected chi connectivity index (χ3v) is 3.41. The molecule has 0 aliphatic heterocycles. The largest absolute Gasteiger partial charge is 0.466 e. The van der Waals surface area contributed by atoms with E-state index in [9.17, 15) is 14.7 Å². The van der Waals surface area contributed by atoms with Gasteiger partial charge in [0.25, 0.3) is 0 Å². The van der Waals surface area contributed by atoms with Gasteiger partial charge >= 0.3 is 11.9 Å². The van der Waals surface area contributed by atoms with E-state index in [0.717, 1.165) is 5.56 Å². The monoisotopic (exact) mass is 318 g/mol.